The number of allylic oxidation sites excluding steroid dienone is 2. The predicted molar refractivity (Wildman–Crippen MR) is 210 cm³/mol. The monoisotopic (exact) mass is 679 g/mol. The number of carbonyl (C=O) groups excluding carboxylic acids is 1. The summed E-state index contributed by atoms with van der Waals surface area (Å²) in [5, 5.41) is 9.58. The molecule has 0 radical (unpaired) electrons. The molecule has 0 aromatic carbocycles. The van der Waals surface area contributed by atoms with Crippen LogP contribution in [0, 0.1) is 0 Å². The smallest absolute Gasteiger partial charge is 0.306 e. The van der Waals surface area contributed by atoms with Gasteiger partial charge in [0.05, 0.1) is 13.2 Å². The van der Waals surface area contributed by atoms with Crippen molar-refractivity contribution in [1.29, 1.82) is 0 Å². The molecule has 0 saturated heterocycles. The van der Waals surface area contributed by atoms with Crippen LogP contribution >= 0.6 is 0 Å². The van der Waals surface area contributed by atoms with Gasteiger partial charge in [-0.2, -0.15) is 0 Å². The lowest BCUT2D eigenvalue weighted by Gasteiger charge is -2.15. The van der Waals surface area contributed by atoms with Crippen molar-refractivity contribution in [3.63, 3.8) is 0 Å². The van der Waals surface area contributed by atoms with Crippen molar-refractivity contribution >= 4 is 5.97 Å². The average molecular weight is 679 g/mol. The fraction of sp³-hybridized carbons (Fsp3) is 0.932. The number of hydrogen-bond donors (Lipinski definition) is 1. The summed E-state index contributed by atoms with van der Waals surface area (Å²) in [6, 6.07) is 0. The van der Waals surface area contributed by atoms with Gasteiger partial charge in [0.1, 0.15) is 6.10 Å². The van der Waals surface area contributed by atoms with Gasteiger partial charge in [-0.3, -0.25) is 4.79 Å². The molecule has 48 heavy (non-hydrogen) atoms. The quantitative estimate of drug-likeness (QED) is 0.0397. The second-order valence-corrected chi connectivity index (χ2v) is 14.8. The summed E-state index contributed by atoms with van der Waals surface area (Å²) in [5.74, 6) is -0.197. The van der Waals surface area contributed by atoms with E-state index >= 15 is 0 Å². The third-order valence-corrected chi connectivity index (χ3v) is 9.84. The highest BCUT2D eigenvalue weighted by Gasteiger charge is 2.13. The van der Waals surface area contributed by atoms with Crippen molar-refractivity contribution < 1.29 is 19.4 Å². The van der Waals surface area contributed by atoms with Gasteiger partial charge < -0.3 is 14.6 Å². The molecule has 0 aliphatic carbocycles. The number of aliphatic hydroxyl groups excluding tert-OH is 1. The SMILES string of the molecule is CCCCC/C=C\CCCCCCCCOCC(CO)OC(=O)CCCCCCCCCCCCCCCCCCCCCCCCC. The van der Waals surface area contributed by atoms with E-state index in [1.165, 1.54) is 199 Å². The molecule has 0 heterocycles. The van der Waals surface area contributed by atoms with Crippen LogP contribution in [0.15, 0.2) is 12.2 Å². The van der Waals surface area contributed by atoms with Gasteiger partial charge in [-0.25, -0.2) is 0 Å². The molecule has 1 N–H and O–H groups in total. The number of ether oxygens (including phenoxy) is 2. The minimum absolute atomic E-state index is 0.168. The molecule has 1 unspecified atom stereocenters. The summed E-state index contributed by atoms with van der Waals surface area (Å²) in [6.07, 6.45) is 49.9. The molecule has 0 aliphatic rings. The molecule has 4 nitrogen and oxygen atoms in total. The number of hydrogen-bond acceptors (Lipinski definition) is 4. The van der Waals surface area contributed by atoms with Crippen molar-refractivity contribution in [1.82, 2.24) is 0 Å². The van der Waals surface area contributed by atoms with Gasteiger partial charge in [-0.1, -0.05) is 206 Å². The van der Waals surface area contributed by atoms with E-state index in [0.717, 1.165) is 19.3 Å². The molecule has 0 aromatic rings. The summed E-state index contributed by atoms with van der Waals surface area (Å²) in [4.78, 5) is 12.2. The molecule has 0 spiro atoms. The van der Waals surface area contributed by atoms with E-state index in [1.54, 1.807) is 0 Å². The van der Waals surface area contributed by atoms with Crippen LogP contribution in [0.5, 0.6) is 0 Å². The summed E-state index contributed by atoms with van der Waals surface area (Å²) < 4.78 is 11.1. The Morgan fingerprint density at radius 3 is 1.23 bits per heavy atom. The highest BCUT2D eigenvalue weighted by Crippen LogP contribution is 2.16. The Bertz CT molecular complexity index is 633. The topological polar surface area (TPSA) is 55.8 Å². The number of rotatable bonds is 41. The summed E-state index contributed by atoms with van der Waals surface area (Å²) in [5.41, 5.74) is 0. The predicted octanol–water partition coefficient (Wildman–Crippen LogP) is 14.2. The van der Waals surface area contributed by atoms with Crippen LogP contribution < -0.4 is 0 Å². The van der Waals surface area contributed by atoms with Crippen LogP contribution in [0.1, 0.15) is 239 Å². The summed E-state index contributed by atoms with van der Waals surface area (Å²) in [6.45, 7) is 5.35. The van der Waals surface area contributed by atoms with Gasteiger partial charge in [-0.15, -0.1) is 0 Å². The lowest BCUT2D eigenvalue weighted by molar-refractivity contribution is -0.154. The molecule has 0 saturated carbocycles. The normalized spacial score (nSPS) is 12.3. The second-order valence-electron chi connectivity index (χ2n) is 14.8. The molecule has 1 atom stereocenters. The van der Waals surface area contributed by atoms with E-state index in [9.17, 15) is 9.90 Å². The van der Waals surface area contributed by atoms with Gasteiger partial charge in [0, 0.05) is 13.0 Å². The van der Waals surface area contributed by atoms with Crippen LogP contribution in [0.2, 0.25) is 0 Å². The largest absolute Gasteiger partial charge is 0.457 e. The summed E-state index contributed by atoms with van der Waals surface area (Å²) in [7, 11) is 0. The Hall–Kier alpha value is -0.870. The number of unbranched alkanes of at least 4 members (excludes halogenated alkanes) is 31. The lowest BCUT2D eigenvalue weighted by Crippen LogP contribution is -2.27. The van der Waals surface area contributed by atoms with Gasteiger partial charge >= 0.3 is 5.97 Å². The van der Waals surface area contributed by atoms with Crippen molar-refractivity contribution in [3.05, 3.63) is 12.2 Å². The maximum Gasteiger partial charge on any atom is 0.306 e. The fourth-order valence-corrected chi connectivity index (χ4v) is 6.56. The average Bonchev–Trinajstić information content (AvgIpc) is 3.09. The van der Waals surface area contributed by atoms with Crippen LogP contribution in [0.25, 0.3) is 0 Å². The Morgan fingerprint density at radius 1 is 0.479 bits per heavy atom. The molecule has 4 heteroatoms. The van der Waals surface area contributed by atoms with Crippen molar-refractivity contribution in [2.75, 3.05) is 19.8 Å². The van der Waals surface area contributed by atoms with E-state index in [-0.39, 0.29) is 12.6 Å². The highest BCUT2D eigenvalue weighted by atomic mass is 16.6. The zero-order valence-corrected chi connectivity index (χ0v) is 32.8. The standard InChI is InChI=1S/C44H86O4/c1-3-5-7-9-11-13-15-17-18-19-20-21-22-23-24-25-26-27-29-31-33-35-37-39-44(46)48-43(41-45)42-47-40-38-36-34-32-30-28-16-14-12-10-8-6-4-2/h12,14,43,45H,3-11,13,15-42H2,1-2H3/b14-12-. The highest BCUT2D eigenvalue weighted by molar-refractivity contribution is 5.69. The Balaban J connectivity index is 3.35. The maximum atomic E-state index is 12.2. The molecular weight excluding hydrogens is 592 g/mol. The molecule has 0 rings (SSSR count). The first-order valence-corrected chi connectivity index (χ1v) is 21.8. The van der Waals surface area contributed by atoms with Gasteiger partial charge in [0.25, 0.3) is 0 Å². The van der Waals surface area contributed by atoms with Crippen molar-refractivity contribution in [2.45, 2.75) is 245 Å². The first kappa shape index (κ1) is 47.1. The summed E-state index contributed by atoms with van der Waals surface area (Å²) >= 11 is 0. The van der Waals surface area contributed by atoms with Gasteiger partial charge in [0.2, 0.25) is 0 Å². The molecule has 0 aromatic heterocycles. The zero-order chi connectivity index (χ0) is 34.9. The molecule has 286 valence electrons. The third-order valence-electron chi connectivity index (χ3n) is 9.84. The minimum atomic E-state index is -0.530. The second kappa shape index (κ2) is 42.3. The molecule has 0 amide bonds. The van der Waals surface area contributed by atoms with Crippen molar-refractivity contribution in [2.24, 2.45) is 0 Å². The Kier molecular flexibility index (Phi) is 41.5. The Labute approximate surface area is 301 Å². The van der Waals surface area contributed by atoms with Gasteiger partial charge in [0.15, 0.2) is 0 Å². The van der Waals surface area contributed by atoms with E-state index in [0.29, 0.717) is 19.6 Å². The van der Waals surface area contributed by atoms with Crippen molar-refractivity contribution in [3.8, 4) is 0 Å². The lowest BCUT2D eigenvalue weighted by atomic mass is 10.0. The minimum Gasteiger partial charge on any atom is -0.457 e. The number of aliphatic hydroxyl groups is 1. The molecule has 0 aliphatic heterocycles. The Morgan fingerprint density at radius 2 is 0.812 bits per heavy atom. The van der Waals surface area contributed by atoms with E-state index in [1.807, 2.05) is 0 Å². The zero-order valence-electron chi connectivity index (χ0n) is 32.8. The molecule has 0 bridgehead atoms. The fourth-order valence-electron chi connectivity index (χ4n) is 6.56. The molecular formula is C44H86O4. The van der Waals surface area contributed by atoms with E-state index in [2.05, 4.69) is 26.0 Å². The third kappa shape index (κ3) is 39.6. The maximum absolute atomic E-state index is 12.2. The van der Waals surface area contributed by atoms with Crippen LogP contribution in [-0.4, -0.2) is 37.0 Å². The first-order chi connectivity index (χ1) is 23.7. The van der Waals surface area contributed by atoms with Crippen LogP contribution in [0.3, 0.4) is 0 Å². The van der Waals surface area contributed by atoms with E-state index < -0.39 is 6.10 Å². The number of esters is 1. The van der Waals surface area contributed by atoms with E-state index in [4.69, 9.17) is 9.47 Å². The first-order valence-electron chi connectivity index (χ1n) is 21.8. The van der Waals surface area contributed by atoms with Gasteiger partial charge in [-0.05, 0) is 38.5 Å². The van der Waals surface area contributed by atoms with Crippen LogP contribution in [0.4, 0.5) is 0 Å². The molecule has 0 fully saturated rings. The number of carbonyl (C=O) groups is 1. The van der Waals surface area contributed by atoms with Crippen LogP contribution in [-0.2, 0) is 14.3 Å².